The van der Waals surface area contributed by atoms with Crippen molar-refractivity contribution in [1.29, 1.82) is 0 Å². The number of fused-ring (bicyclic) bond motifs is 1. The minimum atomic E-state index is -3.10. The summed E-state index contributed by atoms with van der Waals surface area (Å²) in [4.78, 5) is 17.8. The van der Waals surface area contributed by atoms with Gasteiger partial charge in [-0.25, -0.2) is 8.42 Å². The Bertz CT molecular complexity index is 1010. The second kappa shape index (κ2) is 7.52. The molecule has 2 aromatic rings. The molecule has 1 saturated heterocycles. The molecule has 7 nitrogen and oxygen atoms in total. The molecule has 4 rings (SSSR count). The maximum Gasteiger partial charge on any atom is 0.227 e. The van der Waals surface area contributed by atoms with Gasteiger partial charge in [-0.3, -0.25) is 9.78 Å². The molecule has 0 spiro atoms. The van der Waals surface area contributed by atoms with Crippen LogP contribution >= 0.6 is 0 Å². The SMILES string of the molecule is CN1C(=O)CCc2cc(-c3cncc(OCCN4CCCS4(=O)=O)c3)ccc21. The molecule has 0 N–H and O–H groups in total. The molecule has 2 aliphatic heterocycles. The van der Waals surface area contributed by atoms with Crippen LogP contribution in [0.2, 0.25) is 0 Å². The summed E-state index contributed by atoms with van der Waals surface area (Å²) in [5, 5.41) is 0. The molecular weight excluding hydrogens is 378 g/mol. The lowest BCUT2D eigenvalue weighted by Crippen LogP contribution is -2.30. The summed E-state index contributed by atoms with van der Waals surface area (Å²) in [6.07, 6.45) is 5.34. The van der Waals surface area contributed by atoms with Gasteiger partial charge in [0.2, 0.25) is 15.9 Å². The van der Waals surface area contributed by atoms with Crippen LogP contribution in [0.25, 0.3) is 11.1 Å². The Morgan fingerprint density at radius 2 is 2.00 bits per heavy atom. The Hall–Kier alpha value is -2.45. The molecule has 0 unspecified atom stereocenters. The van der Waals surface area contributed by atoms with E-state index in [-0.39, 0.29) is 11.7 Å². The highest BCUT2D eigenvalue weighted by molar-refractivity contribution is 7.89. The van der Waals surface area contributed by atoms with Crippen LogP contribution in [0.4, 0.5) is 5.69 Å². The molecule has 1 aromatic carbocycles. The summed E-state index contributed by atoms with van der Waals surface area (Å²) in [5.74, 6) is 0.972. The van der Waals surface area contributed by atoms with Gasteiger partial charge in [0.15, 0.2) is 0 Å². The number of sulfonamides is 1. The van der Waals surface area contributed by atoms with Gasteiger partial charge in [-0.2, -0.15) is 4.31 Å². The number of pyridine rings is 1. The van der Waals surface area contributed by atoms with E-state index >= 15 is 0 Å². The number of rotatable bonds is 5. The van der Waals surface area contributed by atoms with E-state index in [1.54, 1.807) is 24.3 Å². The van der Waals surface area contributed by atoms with Crippen LogP contribution in [0.5, 0.6) is 5.75 Å². The lowest BCUT2D eigenvalue weighted by atomic mass is 9.97. The topological polar surface area (TPSA) is 79.8 Å². The van der Waals surface area contributed by atoms with Crippen molar-refractivity contribution in [2.24, 2.45) is 0 Å². The highest BCUT2D eigenvalue weighted by Gasteiger charge is 2.27. The van der Waals surface area contributed by atoms with E-state index in [2.05, 4.69) is 11.1 Å². The average molecular weight is 401 g/mol. The molecule has 28 heavy (non-hydrogen) atoms. The normalized spacial score (nSPS) is 18.9. The van der Waals surface area contributed by atoms with Crippen molar-refractivity contribution in [3.63, 3.8) is 0 Å². The third-order valence-electron chi connectivity index (χ3n) is 5.28. The average Bonchev–Trinajstić information content (AvgIpc) is 3.03. The van der Waals surface area contributed by atoms with E-state index in [4.69, 9.17) is 4.74 Å². The molecule has 0 bridgehead atoms. The first kappa shape index (κ1) is 18.9. The van der Waals surface area contributed by atoms with Crippen LogP contribution in [-0.4, -0.2) is 56.1 Å². The van der Waals surface area contributed by atoms with Crippen LogP contribution in [0.3, 0.4) is 0 Å². The zero-order chi connectivity index (χ0) is 19.7. The fourth-order valence-electron chi connectivity index (χ4n) is 3.70. The zero-order valence-corrected chi connectivity index (χ0v) is 16.6. The van der Waals surface area contributed by atoms with Gasteiger partial charge in [0.25, 0.3) is 0 Å². The number of aryl methyl sites for hydroxylation is 1. The smallest absolute Gasteiger partial charge is 0.227 e. The first-order valence-corrected chi connectivity index (χ1v) is 11.0. The standard InChI is InChI=1S/C20H23N3O4S/c1-22-19-5-3-15(11-16(19)4-6-20(22)24)17-12-18(14-21-13-17)27-9-8-23-7-2-10-28(23,25)26/h3,5,11-14H,2,4,6-10H2,1H3. The molecule has 0 radical (unpaired) electrons. The molecule has 1 aromatic heterocycles. The number of benzene rings is 1. The Labute approximate surface area is 165 Å². The Morgan fingerprint density at radius 3 is 2.79 bits per heavy atom. The summed E-state index contributed by atoms with van der Waals surface area (Å²) in [6.45, 7) is 1.21. The first-order chi connectivity index (χ1) is 13.4. The molecule has 1 amide bonds. The van der Waals surface area contributed by atoms with Gasteiger partial charge < -0.3 is 9.64 Å². The predicted molar refractivity (Wildman–Crippen MR) is 107 cm³/mol. The van der Waals surface area contributed by atoms with Crippen molar-refractivity contribution >= 4 is 21.6 Å². The fourth-order valence-corrected chi connectivity index (χ4v) is 5.21. The first-order valence-electron chi connectivity index (χ1n) is 9.39. The van der Waals surface area contributed by atoms with Crippen LogP contribution in [0, 0.1) is 0 Å². The monoisotopic (exact) mass is 401 g/mol. The molecule has 0 saturated carbocycles. The quantitative estimate of drug-likeness (QED) is 0.766. The molecule has 8 heteroatoms. The number of hydrogen-bond donors (Lipinski definition) is 0. The van der Waals surface area contributed by atoms with Gasteiger partial charge >= 0.3 is 0 Å². The lowest BCUT2D eigenvalue weighted by Gasteiger charge is -2.26. The summed E-state index contributed by atoms with van der Waals surface area (Å²) < 4.78 is 30.9. The molecule has 2 aliphatic rings. The number of nitrogens with zero attached hydrogens (tertiary/aromatic N) is 3. The van der Waals surface area contributed by atoms with E-state index < -0.39 is 10.0 Å². The minimum Gasteiger partial charge on any atom is -0.491 e. The van der Waals surface area contributed by atoms with Crippen molar-refractivity contribution in [3.8, 4) is 16.9 Å². The molecule has 0 aliphatic carbocycles. The van der Waals surface area contributed by atoms with Crippen molar-refractivity contribution in [2.75, 3.05) is 37.4 Å². The zero-order valence-electron chi connectivity index (χ0n) is 15.8. The maximum absolute atomic E-state index is 11.9. The number of carbonyl (C=O) groups excluding carboxylic acids is 1. The van der Waals surface area contributed by atoms with Crippen molar-refractivity contribution in [1.82, 2.24) is 9.29 Å². The van der Waals surface area contributed by atoms with Gasteiger partial charge in [-0.1, -0.05) is 6.07 Å². The molecule has 1 fully saturated rings. The maximum atomic E-state index is 11.9. The fraction of sp³-hybridized carbons (Fsp3) is 0.400. The minimum absolute atomic E-state index is 0.136. The molecule has 0 atom stereocenters. The van der Waals surface area contributed by atoms with E-state index in [0.29, 0.717) is 38.3 Å². The Balaban J connectivity index is 1.46. The number of aromatic nitrogens is 1. The van der Waals surface area contributed by atoms with Crippen molar-refractivity contribution < 1.29 is 17.9 Å². The van der Waals surface area contributed by atoms with E-state index in [0.717, 1.165) is 28.8 Å². The lowest BCUT2D eigenvalue weighted by molar-refractivity contribution is -0.118. The van der Waals surface area contributed by atoms with Gasteiger partial charge in [0, 0.05) is 44.0 Å². The summed E-state index contributed by atoms with van der Waals surface area (Å²) in [7, 11) is -1.30. The van der Waals surface area contributed by atoms with Gasteiger partial charge in [-0.05, 0) is 42.2 Å². The summed E-state index contributed by atoms with van der Waals surface area (Å²) in [5.41, 5.74) is 4.03. The number of amides is 1. The van der Waals surface area contributed by atoms with E-state index in [9.17, 15) is 13.2 Å². The number of hydrogen-bond acceptors (Lipinski definition) is 5. The van der Waals surface area contributed by atoms with Crippen LogP contribution in [0.1, 0.15) is 18.4 Å². The summed E-state index contributed by atoms with van der Waals surface area (Å²) >= 11 is 0. The molecular formula is C20H23N3O4S. The number of ether oxygens (including phenoxy) is 1. The Morgan fingerprint density at radius 1 is 1.14 bits per heavy atom. The number of carbonyl (C=O) groups is 1. The number of anilines is 1. The van der Waals surface area contributed by atoms with Crippen LogP contribution in [0.15, 0.2) is 36.7 Å². The summed E-state index contributed by atoms with van der Waals surface area (Å²) in [6, 6.07) is 7.94. The van der Waals surface area contributed by atoms with Crippen molar-refractivity contribution in [3.05, 3.63) is 42.2 Å². The third-order valence-corrected chi connectivity index (χ3v) is 7.24. The van der Waals surface area contributed by atoms with Gasteiger partial charge in [0.1, 0.15) is 12.4 Å². The molecule has 148 valence electrons. The predicted octanol–water partition coefficient (Wildman–Crippen LogP) is 2.07. The second-order valence-corrected chi connectivity index (χ2v) is 9.21. The van der Waals surface area contributed by atoms with Gasteiger partial charge in [0.05, 0.1) is 11.9 Å². The van der Waals surface area contributed by atoms with Gasteiger partial charge in [-0.15, -0.1) is 0 Å². The van der Waals surface area contributed by atoms with Crippen molar-refractivity contribution in [2.45, 2.75) is 19.3 Å². The Kier molecular flexibility index (Phi) is 5.07. The van der Waals surface area contributed by atoms with E-state index in [1.807, 2.05) is 18.2 Å². The largest absolute Gasteiger partial charge is 0.491 e. The second-order valence-electron chi connectivity index (χ2n) is 7.12. The highest BCUT2D eigenvalue weighted by atomic mass is 32.2. The third kappa shape index (κ3) is 3.74. The van der Waals surface area contributed by atoms with E-state index in [1.165, 1.54) is 4.31 Å². The van der Waals surface area contributed by atoms with Crippen LogP contribution < -0.4 is 9.64 Å². The van der Waals surface area contributed by atoms with Crippen LogP contribution in [-0.2, 0) is 21.2 Å². The molecule has 3 heterocycles. The highest BCUT2D eigenvalue weighted by Crippen LogP contribution is 2.32.